The summed E-state index contributed by atoms with van der Waals surface area (Å²) in [5, 5.41) is 0.817. The summed E-state index contributed by atoms with van der Waals surface area (Å²) < 4.78 is 1.13. The van der Waals surface area contributed by atoms with E-state index in [9.17, 15) is 0 Å². The molecule has 0 atom stereocenters. The lowest BCUT2D eigenvalue weighted by molar-refractivity contribution is 1.39. The zero-order valence-corrected chi connectivity index (χ0v) is 11.6. The number of hydrogen-bond acceptors (Lipinski definition) is 0. The van der Waals surface area contributed by atoms with Crippen molar-refractivity contribution in [2.75, 3.05) is 0 Å². The molecule has 0 heterocycles. The van der Waals surface area contributed by atoms with Crippen LogP contribution in [-0.2, 0) is 0 Å². The summed E-state index contributed by atoms with van der Waals surface area (Å²) in [6.45, 7) is 4.16. The molecule has 0 aromatic heterocycles. The molecule has 0 fully saturated rings. The van der Waals surface area contributed by atoms with Gasteiger partial charge in [0.25, 0.3) is 0 Å². The molecule has 2 rings (SSSR count). The molecular weight excluding hydrogens is 284 g/mol. The Hall–Kier alpha value is -0.790. The third kappa shape index (κ3) is 2.02. The summed E-state index contributed by atoms with van der Waals surface area (Å²) in [5.41, 5.74) is 4.80. The van der Waals surface area contributed by atoms with E-state index in [1.54, 1.807) is 0 Å². The molecule has 0 aliphatic rings. The predicted octanol–water partition coefficient (Wildman–Crippen LogP) is 5.39. The number of halogens is 2. The van der Waals surface area contributed by atoms with E-state index < -0.39 is 0 Å². The quantitative estimate of drug-likeness (QED) is 0.662. The normalized spacial score (nSPS) is 10.5. The summed E-state index contributed by atoms with van der Waals surface area (Å²) in [5.74, 6) is 0. The first-order valence-corrected chi connectivity index (χ1v) is 6.29. The van der Waals surface area contributed by atoms with E-state index in [0.717, 1.165) is 15.1 Å². The molecule has 0 N–H and O–H groups in total. The van der Waals surface area contributed by atoms with Crippen molar-refractivity contribution in [2.24, 2.45) is 0 Å². The molecule has 16 heavy (non-hydrogen) atoms. The van der Waals surface area contributed by atoms with Crippen molar-refractivity contribution in [3.63, 3.8) is 0 Å². The number of benzene rings is 2. The zero-order chi connectivity index (χ0) is 11.7. The monoisotopic (exact) mass is 294 g/mol. The van der Waals surface area contributed by atoms with Crippen LogP contribution in [0.1, 0.15) is 11.1 Å². The van der Waals surface area contributed by atoms with E-state index in [1.165, 1.54) is 16.7 Å². The van der Waals surface area contributed by atoms with Gasteiger partial charge < -0.3 is 0 Å². The zero-order valence-electron chi connectivity index (χ0n) is 9.22. The molecule has 2 aromatic carbocycles. The van der Waals surface area contributed by atoms with Crippen LogP contribution in [0.15, 0.2) is 40.9 Å². The van der Waals surface area contributed by atoms with E-state index in [0.29, 0.717) is 0 Å². The molecular formula is C14H12BrCl. The molecule has 0 nitrogen and oxygen atoms in total. The third-order valence-electron chi connectivity index (χ3n) is 2.83. The van der Waals surface area contributed by atoms with Crippen LogP contribution in [0.3, 0.4) is 0 Å². The standard InChI is InChI=1S/C14H12BrCl/c1-9-11(5-3-7-13(9)15)12-6-4-8-14(16)10(12)2/h3-8H,1-2H3. The van der Waals surface area contributed by atoms with Crippen molar-refractivity contribution in [1.29, 1.82) is 0 Å². The Morgan fingerprint density at radius 1 is 0.875 bits per heavy atom. The van der Waals surface area contributed by atoms with Crippen LogP contribution in [0.5, 0.6) is 0 Å². The van der Waals surface area contributed by atoms with Gasteiger partial charge in [-0.15, -0.1) is 0 Å². The van der Waals surface area contributed by atoms with Crippen LogP contribution in [0, 0.1) is 13.8 Å². The van der Waals surface area contributed by atoms with E-state index in [-0.39, 0.29) is 0 Å². The topological polar surface area (TPSA) is 0 Å². The Bertz CT molecular complexity index is 483. The number of rotatable bonds is 1. The molecule has 0 bridgehead atoms. The van der Waals surface area contributed by atoms with Crippen LogP contribution < -0.4 is 0 Å². The molecule has 2 aromatic rings. The minimum atomic E-state index is 0.817. The maximum atomic E-state index is 6.14. The summed E-state index contributed by atoms with van der Waals surface area (Å²) in [7, 11) is 0. The highest BCUT2D eigenvalue weighted by atomic mass is 79.9. The highest BCUT2D eigenvalue weighted by Gasteiger charge is 2.08. The van der Waals surface area contributed by atoms with Gasteiger partial charge in [-0.05, 0) is 48.2 Å². The molecule has 0 saturated carbocycles. The van der Waals surface area contributed by atoms with Gasteiger partial charge in [0, 0.05) is 9.50 Å². The summed E-state index contributed by atoms with van der Waals surface area (Å²) >= 11 is 9.70. The second-order valence-corrected chi connectivity index (χ2v) is 5.09. The molecule has 82 valence electrons. The predicted molar refractivity (Wildman–Crippen MR) is 74.1 cm³/mol. The van der Waals surface area contributed by atoms with Crippen molar-refractivity contribution in [1.82, 2.24) is 0 Å². The van der Waals surface area contributed by atoms with Crippen LogP contribution >= 0.6 is 27.5 Å². The molecule has 0 spiro atoms. The number of hydrogen-bond donors (Lipinski definition) is 0. The van der Waals surface area contributed by atoms with Gasteiger partial charge in [0.05, 0.1) is 0 Å². The Morgan fingerprint density at radius 2 is 1.44 bits per heavy atom. The molecule has 2 heteroatoms. The van der Waals surface area contributed by atoms with Crippen molar-refractivity contribution >= 4 is 27.5 Å². The minimum absolute atomic E-state index is 0.817. The first-order chi connectivity index (χ1) is 7.61. The molecule has 0 amide bonds. The maximum Gasteiger partial charge on any atom is 0.0441 e. The molecule has 0 aliphatic carbocycles. The van der Waals surface area contributed by atoms with Crippen LogP contribution in [0.2, 0.25) is 5.02 Å². The summed E-state index contributed by atoms with van der Waals surface area (Å²) in [6, 6.07) is 12.2. The van der Waals surface area contributed by atoms with Gasteiger partial charge in [-0.1, -0.05) is 51.8 Å². The van der Waals surface area contributed by atoms with E-state index in [2.05, 4.69) is 48.0 Å². The Morgan fingerprint density at radius 3 is 2.12 bits per heavy atom. The largest absolute Gasteiger partial charge is 0.0840 e. The highest BCUT2D eigenvalue weighted by Crippen LogP contribution is 2.33. The molecule has 0 saturated heterocycles. The van der Waals surface area contributed by atoms with Crippen molar-refractivity contribution in [3.8, 4) is 11.1 Å². The van der Waals surface area contributed by atoms with Crippen molar-refractivity contribution in [3.05, 3.63) is 57.0 Å². The minimum Gasteiger partial charge on any atom is -0.0840 e. The Balaban J connectivity index is 2.68. The lowest BCUT2D eigenvalue weighted by atomic mass is 9.97. The van der Waals surface area contributed by atoms with Gasteiger partial charge in [-0.25, -0.2) is 0 Å². The van der Waals surface area contributed by atoms with Gasteiger partial charge in [0.15, 0.2) is 0 Å². The first kappa shape index (κ1) is 11.7. The second-order valence-electron chi connectivity index (χ2n) is 3.82. The van der Waals surface area contributed by atoms with E-state index in [4.69, 9.17) is 11.6 Å². The molecule has 0 radical (unpaired) electrons. The lowest BCUT2D eigenvalue weighted by Gasteiger charge is -2.11. The maximum absolute atomic E-state index is 6.14. The second kappa shape index (κ2) is 4.60. The highest BCUT2D eigenvalue weighted by molar-refractivity contribution is 9.10. The smallest absolute Gasteiger partial charge is 0.0441 e. The Kier molecular flexibility index (Phi) is 3.36. The SMILES string of the molecule is Cc1c(Cl)cccc1-c1cccc(Br)c1C. The Labute approximate surface area is 109 Å². The first-order valence-electron chi connectivity index (χ1n) is 5.12. The average molecular weight is 296 g/mol. The fourth-order valence-electron chi connectivity index (χ4n) is 1.80. The van der Waals surface area contributed by atoms with Crippen molar-refractivity contribution < 1.29 is 0 Å². The van der Waals surface area contributed by atoms with Crippen LogP contribution in [0.25, 0.3) is 11.1 Å². The van der Waals surface area contributed by atoms with Gasteiger partial charge in [0.2, 0.25) is 0 Å². The third-order valence-corrected chi connectivity index (χ3v) is 4.09. The summed E-state index contributed by atoms with van der Waals surface area (Å²) in [4.78, 5) is 0. The van der Waals surface area contributed by atoms with Gasteiger partial charge in [0.1, 0.15) is 0 Å². The lowest BCUT2D eigenvalue weighted by Crippen LogP contribution is -1.88. The molecule has 0 unspecified atom stereocenters. The van der Waals surface area contributed by atoms with Crippen molar-refractivity contribution in [2.45, 2.75) is 13.8 Å². The van der Waals surface area contributed by atoms with Gasteiger partial charge in [-0.3, -0.25) is 0 Å². The molecule has 0 aliphatic heterocycles. The fourth-order valence-corrected chi connectivity index (χ4v) is 2.34. The summed E-state index contributed by atoms with van der Waals surface area (Å²) in [6.07, 6.45) is 0. The fraction of sp³-hybridized carbons (Fsp3) is 0.143. The average Bonchev–Trinajstić information content (AvgIpc) is 2.27. The van der Waals surface area contributed by atoms with E-state index >= 15 is 0 Å². The van der Waals surface area contributed by atoms with Gasteiger partial charge >= 0.3 is 0 Å². The van der Waals surface area contributed by atoms with E-state index in [1.807, 2.05) is 18.2 Å². The van der Waals surface area contributed by atoms with Crippen LogP contribution in [0.4, 0.5) is 0 Å². The van der Waals surface area contributed by atoms with Gasteiger partial charge in [-0.2, -0.15) is 0 Å². The van der Waals surface area contributed by atoms with Crippen LogP contribution in [-0.4, -0.2) is 0 Å².